The molecule has 0 bridgehead atoms. The fourth-order valence-corrected chi connectivity index (χ4v) is 3.92. The summed E-state index contributed by atoms with van der Waals surface area (Å²) < 4.78 is 0. The number of carboxylic acids is 1. The lowest BCUT2D eigenvalue weighted by molar-refractivity contribution is -0.142. The Labute approximate surface area is 196 Å². The van der Waals surface area contributed by atoms with E-state index in [9.17, 15) is 9.59 Å². The molecule has 4 rings (SSSR count). The number of carbonyl (C=O) groups is 2. The molecule has 1 aliphatic heterocycles. The molecule has 1 aliphatic rings. The Hall–Kier alpha value is -2.94. The number of carboxylic acid groups (broad SMARTS) is 1. The molecule has 1 atom stereocenters. The highest BCUT2D eigenvalue weighted by Crippen LogP contribution is 2.32. The summed E-state index contributed by atoms with van der Waals surface area (Å²) in [5, 5.41) is 20.5. The smallest absolute Gasteiger partial charge is 0.305 e. The molecule has 3 aromatic rings. The maximum absolute atomic E-state index is 12.4. The highest BCUT2D eigenvalue weighted by molar-refractivity contribution is 6.30. The van der Waals surface area contributed by atoms with Gasteiger partial charge in [0.05, 0.1) is 12.5 Å². The minimum Gasteiger partial charge on any atom is -0.481 e. The minimum absolute atomic E-state index is 0. The second-order valence-electron chi connectivity index (χ2n) is 7.44. The third-order valence-electron chi connectivity index (χ3n) is 5.39. The molecule has 1 unspecified atom stereocenters. The van der Waals surface area contributed by atoms with E-state index in [1.54, 1.807) is 4.90 Å². The average Bonchev–Trinajstić information content (AvgIpc) is 2.78. The largest absolute Gasteiger partial charge is 0.481 e. The zero-order valence-electron chi connectivity index (χ0n) is 17.1. The summed E-state index contributed by atoms with van der Waals surface area (Å²) in [6.45, 7) is 2.01. The second-order valence-corrected chi connectivity index (χ2v) is 7.88. The van der Waals surface area contributed by atoms with Crippen molar-refractivity contribution < 1.29 is 14.7 Å². The number of hydrogen-bond acceptors (Lipinski definition) is 6. The highest BCUT2D eigenvalue weighted by atomic mass is 35.5. The van der Waals surface area contributed by atoms with Crippen molar-refractivity contribution in [2.75, 3.05) is 31.1 Å². The van der Waals surface area contributed by atoms with Gasteiger partial charge in [-0.15, -0.1) is 22.6 Å². The summed E-state index contributed by atoms with van der Waals surface area (Å²) in [7, 11) is 0. The molecule has 1 fully saturated rings. The molecule has 0 aliphatic carbocycles. The van der Waals surface area contributed by atoms with Gasteiger partial charge in [-0.3, -0.25) is 9.59 Å². The van der Waals surface area contributed by atoms with Crippen molar-refractivity contribution in [3.8, 4) is 11.3 Å². The van der Waals surface area contributed by atoms with Crippen LogP contribution in [0.3, 0.4) is 0 Å². The van der Waals surface area contributed by atoms with Crippen LogP contribution in [0.25, 0.3) is 22.0 Å². The quantitative estimate of drug-likeness (QED) is 0.582. The topological polar surface area (TPSA) is 113 Å². The standard InChI is InChI=1S/C22H22ClN5O3.ClH/c23-15-7-5-14(6-8-15)20-16-3-1-2-4-17(16)21(26-25-20)27-9-11-28(12-10-27)22(31)18(24)13-19(29)30;/h1-8,18H,9-13,24H2,(H,29,30);1H. The van der Waals surface area contributed by atoms with Crippen LogP contribution in [0.2, 0.25) is 5.02 Å². The molecule has 0 radical (unpaired) electrons. The maximum Gasteiger partial charge on any atom is 0.305 e. The molecular weight excluding hydrogens is 453 g/mol. The summed E-state index contributed by atoms with van der Waals surface area (Å²) in [5.74, 6) is -0.659. The Morgan fingerprint density at radius 1 is 1.00 bits per heavy atom. The molecule has 3 N–H and O–H groups in total. The first-order valence-corrected chi connectivity index (χ1v) is 10.3. The molecule has 2 heterocycles. The normalized spacial score (nSPS) is 14.7. The number of benzene rings is 2. The number of aliphatic carboxylic acids is 1. The van der Waals surface area contributed by atoms with Gasteiger partial charge >= 0.3 is 5.97 Å². The van der Waals surface area contributed by atoms with E-state index in [0.29, 0.717) is 31.2 Å². The van der Waals surface area contributed by atoms with Crippen LogP contribution in [0.15, 0.2) is 48.5 Å². The van der Waals surface area contributed by atoms with Crippen LogP contribution in [0.4, 0.5) is 5.82 Å². The van der Waals surface area contributed by atoms with Gasteiger partial charge in [-0.05, 0) is 12.1 Å². The Morgan fingerprint density at radius 3 is 2.25 bits per heavy atom. The lowest BCUT2D eigenvalue weighted by atomic mass is 10.0. The van der Waals surface area contributed by atoms with Crippen molar-refractivity contribution in [1.82, 2.24) is 15.1 Å². The van der Waals surface area contributed by atoms with Gasteiger partial charge in [-0.1, -0.05) is 48.0 Å². The van der Waals surface area contributed by atoms with E-state index in [0.717, 1.165) is 27.8 Å². The monoisotopic (exact) mass is 475 g/mol. The predicted octanol–water partition coefficient (Wildman–Crippen LogP) is 2.82. The molecule has 1 saturated heterocycles. The summed E-state index contributed by atoms with van der Waals surface area (Å²) in [6, 6.07) is 14.4. The van der Waals surface area contributed by atoms with Gasteiger partial charge in [0.2, 0.25) is 5.91 Å². The zero-order chi connectivity index (χ0) is 22.0. The Bertz CT molecular complexity index is 1120. The number of halogens is 2. The summed E-state index contributed by atoms with van der Waals surface area (Å²) in [5.41, 5.74) is 7.45. The van der Waals surface area contributed by atoms with Crippen molar-refractivity contribution in [2.45, 2.75) is 12.5 Å². The molecule has 1 amide bonds. The lowest BCUT2D eigenvalue weighted by Crippen LogP contribution is -2.53. The van der Waals surface area contributed by atoms with Gasteiger partial charge < -0.3 is 20.6 Å². The average molecular weight is 476 g/mol. The van der Waals surface area contributed by atoms with E-state index >= 15 is 0 Å². The first kappa shape index (κ1) is 23.7. The van der Waals surface area contributed by atoms with Crippen molar-refractivity contribution in [2.24, 2.45) is 5.73 Å². The summed E-state index contributed by atoms with van der Waals surface area (Å²) in [6.07, 6.45) is -0.374. The van der Waals surface area contributed by atoms with E-state index in [4.69, 9.17) is 22.4 Å². The number of nitrogens with zero attached hydrogens (tertiary/aromatic N) is 4. The summed E-state index contributed by atoms with van der Waals surface area (Å²) >= 11 is 6.01. The van der Waals surface area contributed by atoms with E-state index in [-0.39, 0.29) is 24.7 Å². The number of fused-ring (bicyclic) bond motifs is 1. The van der Waals surface area contributed by atoms with Crippen LogP contribution >= 0.6 is 24.0 Å². The number of aromatic nitrogens is 2. The first-order valence-electron chi connectivity index (χ1n) is 9.96. The lowest BCUT2D eigenvalue weighted by Gasteiger charge is -2.36. The zero-order valence-corrected chi connectivity index (χ0v) is 18.7. The number of nitrogens with two attached hydrogens (primary N) is 1. The number of amides is 1. The number of rotatable bonds is 5. The number of anilines is 1. The van der Waals surface area contributed by atoms with Gasteiger partial charge in [-0.25, -0.2) is 0 Å². The minimum atomic E-state index is -1.08. The van der Waals surface area contributed by atoms with Crippen molar-refractivity contribution >= 4 is 52.5 Å². The van der Waals surface area contributed by atoms with E-state index in [1.165, 1.54) is 0 Å². The molecular formula is C22H23Cl2N5O3. The molecule has 2 aromatic carbocycles. The second kappa shape index (κ2) is 10.1. The number of hydrogen-bond donors (Lipinski definition) is 2. The Kier molecular flexibility index (Phi) is 7.50. The van der Waals surface area contributed by atoms with Crippen LogP contribution < -0.4 is 10.6 Å². The first-order chi connectivity index (χ1) is 14.9. The van der Waals surface area contributed by atoms with E-state index < -0.39 is 12.0 Å². The van der Waals surface area contributed by atoms with Gasteiger partial charge in [0, 0.05) is 47.5 Å². The predicted molar refractivity (Wildman–Crippen MR) is 126 cm³/mol. The molecule has 0 spiro atoms. The Balaban J connectivity index is 0.00000289. The Morgan fingerprint density at radius 2 is 1.62 bits per heavy atom. The molecule has 32 heavy (non-hydrogen) atoms. The molecule has 1 aromatic heterocycles. The van der Waals surface area contributed by atoms with E-state index in [2.05, 4.69) is 15.1 Å². The van der Waals surface area contributed by atoms with Crippen LogP contribution in [0.1, 0.15) is 6.42 Å². The molecule has 10 heteroatoms. The SMILES string of the molecule is Cl.NC(CC(=O)O)C(=O)N1CCN(c2nnc(-c3ccc(Cl)cc3)c3ccccc23)CC1. The molecule has 0 saturated carbocycles. The maximum atomic E-state index is 12.4. The van der Waals surface area contributed by atoms with Crippen LogP contribution in [0.5, 0.6) is 0 Å². The van der Waals surface area contributed by atoms with Gasteiger partial charge in [0.1, 0.15) is 5.69 Å². The van der Waals surface area contributed by atoms with Crippen molar-refractivity contribution in [3.63, 3.8) is 0 Å². The highest BCUT2D eigenvalue weighted by Gasteiger charge is 2.28. The van der Waals surface area contributed by atoms with Gasteiger partial charge in [0.15, 0.2) is 5.82 Å². The third kappa shape index (κ3) is 4.93. The van der Waals surface area contributed by atoms with Crippen LogP contribution in [0, 0.1) is 0 Å². The fourth-order valence-electron chi connectivity index (χ4n) is 3.79. The molecule has 168 valence electrons. The molecule has 8 nitrogen and oxygen atoms in total. The van der Waals surface area contributed by atoms with Gasteiger partial charge in [0.25, 0.3) is 0 Å². The van der Waals surface area contributed by atoms with Crippen molar-refractivity contribution in [3.05, 3.63) is 53.6 Å². The summed E-state index contributed by atoms with van der Waals surface area (Å²) in [4.78, 5) is 26.9. The van der Waals surface area contributed by atoms with Crippen LogP contribution in [-0.2, 0) is 9.59 Å². The van der Waals surface area contributed by atoms with Crippen LogP contribution in [-0.4, -0.2) is 64.3 Å². The third-order valence-corrected chi connectivity index (χ3v) is 5.64. The van der Waals surface area contributed by atoms with Crippen molar-refractivity contribution in [1.29, 1.82) is 0 Å². The van der Waals surface area contributed by atoms with E-state index in [1.807, 2.05) is 48.5 Å². The number of piperazine rings is 1. The fraction of sp³-hybridized carbons (Fsp3) is 0.273. The van der Waals surface area contributed by atoms with Gasteiger partial charge in [-0.2, -0.15) is 0 Å². The number of carbonyl (C=O) groups excluding carboxylic acids is 1.